The topological polar surface area (TPSA) is 70.7 Å². The van der Waals surface area contributed by atoms with Crippen LogP contribution < -0.4 is 10.6 Å². The highest BCUT2D eigenvalue weighted by molar-refractivity contribution is 6.34. The fourth-order valence-electron chi connectivity index (χ4n) is 3.43. The second kappa shape index (κ2) is 9.35. The van der Waals surface area contributed by atoms with Crippen LogP contribution in [0.15, 0.2) is 18.2 Å². The molecular formula is C19H26ClN3O3. The number of piperidine rings is 1. The number of anilines is 1. The summed E-state index contributed by atoms with van der Waals surface area (Å²) >= 11 is 6.29. The average Bonchev–Trinajstić information content (AvgIpc) is 2.67. The standard InChI is InChI=1S/C19H26ClN3O3/c20-17-13-15(22-18(24)4-1-14-5-7-21-8-6-14)2-3-16(17)19(25)23-9-11-26-12-10-23/h2-3,13-14,21H,1,4-12H2,(H,22,24). The molecule has 0 atom stereocenters. The number of nitrogens with zero attached hydrogens (tertiary/aromatic N) is 1. The Morgan fingerprint density at radius 2 is 1.96 bits per heavy atom. The monoisotopic (exact) mass is 379 g/mol. The summed E-state index contributed by atoms with van der Waals surface area (Å²) in [4.78, 5) is 26.4. The number of benzene rings is 1. The van der Waals surface area contributed by atoms with E-state index < -0.39 is 0 Å². The molecule has 0 spiro atoms. The van der Waals surface area contributed by atoms with Crippen LogP contribution in [0.5, 0.6) is 0 Å². The van der Waals surface area contributed by atoms with Crippen molar-refractivity contribution >= 4 is 29.1 Å². The molecule has 0 unspecified atom stereocenters. The van der Waals surface area contributed by atoms with Gasteiger partial charge in [0.15, 0.2) is 0 Å². The molecule has 142 valence electrons. The van der Waals surface area contributed by atoms with Crippen molar-refractivity contribution in [1.29, 1.82) is 0 Å². The maximum Gasteiger partial charge on any atom is 0.255 e. The van der Waals surface area contributed by atoms with Gasteiger partial charge in [-0.15, -0.1) is 0 Å². The minimum Gasteiger partial charge on any atom is -0.378 e. The third-order valence-electron chi connectivity index (χ3n) is 5.02. The first-order chi connectivity index (χ1) is 12.6. The van der Waals surface area contributed by atoms with Crippen molar-refractivity contribution in [2.45, 2.75) is 25.7 Å². The van der Waals surface area contributed by atoms with Gasteiger partial charge in [0.05, 0.1) is 23.8 Å². The van der Waals surface area contributed by atoms with E-state index in [1.807, 2.05) is 0 Å². The molecule has 3 rings (SSSR count). The lowest BCUT2D eigenvalue weighted by Gasteiger charge is -2.27. The van der Waals surface area contributed by atoms with Crippen LogP contribution in [0.3, 0.4) is 0 Å². The number of hydrogen-bond acceptors (Lipinski definition) is 4. The van der Waals surface area contributed by atoms with Crippen LogP contribution in [0.25, 0.3) is 0 Å². The minimum atomic E-state index is -0.0953. The third-order valence-corrected chi connectivity index (χ3v) is 5.33. The Kier molecular flexibility index (Phi) is 6.88. The fraction of sp³-hybridized carbons (Fsp3) is 0.579. The molecule has 0 saturated carbocycles. The third kappa shape index (κ3) is 5.19. The van der Waals surface area contributed by atoms with Crippen LogP contribution >= 0.6 is 11.6 Å². The molecular weight excluding hydrogens is 354 g/mol. The maximum atomic E-state index is 12.5. The SMILES string of the molecule is O=C(CCC1CCNCC1)Nc1ccc(C(=O)N2CCOCC2)c(Cl)c1. The molecule has 0 aliphatic carbocycles. The molecule has 1 aromatic carbocycles. The zero-order chi connectivity index (χ0) is 18.4. The van der Waals surface area contributed by atoms with Crippen molar-refractivity contribution < 1.29 is 14.3 Å². The molecule has 2 fully saturated rings. The van der Waals surface area contributed by atoms with Crippen molar-refractivity contribution in [3.05, 3.63) is 28.8 Å². The van der Waals surface area contributed by atoms with Gasteiger partial charge in [-0.3, -0.25) is 9.59 Å². The summed E-state index contributed by atoms with van der Waals surface area (Å²) < 4.78 is 5.27. The number of amides is 2. The van der Waals surface area contributed by atoms with E-state index >= 15 is 0 Å². The van der Waals surface area contributed by atoms with E-state index in [0.29, 0.717) is 54.9 Å². The zero-order valence-corrected chi connectivity index (χ0v) is 15.7. The number of carbonyl (C=O) groups is 2. The van der Waals surface area contributed by atoms with Crippen LogP contribution in [0.2, 0.25) is 5.02 Å². The van der Waals surface area contributed by atoms with Gasteiger partial charge in [-0.1, -0.05) is 11.6 Å². The Balaban J connectivity index is 1.53. The normalized spacial score (nSPS) is 18.6. The summed E-state index contributed by atoms with van der Waals surface area (Å²) in [6.45, 7) is 4.33. The van der Waals surface area contributed by atoms with Crippen LogP contribution in [-0.4, -0.2) is 56.1 Å². The Morgan fingerprint density at radius 3 is 2.65 bits per heavy atom. The lowest BCUT2D eigenvalue weighted by Crippen LogP contribution is -2.40. The number of hydrogen-bond donors (Lipinski definition) is 2. The number of carbonyl (C=O) groups excluding carboxylic acids is 2. The summed E-state index contributed by atoms with van der Waals surface area (Å²) in [6, 6.07) is 5.07. The molecule has 7 heteroatoms. The summed E-state index contributed by atoms with van der Waals surface area (Å²) in [5.74, 6) is 0.521. The van der Waals surface area contributed by atoms with Crippen molar-refractivity contribution in [1.82, 2.24) is 10.2 Å². The molecule has 2 aliphatic rings. The number of morpholine rings is 1. The van der Waals surface area contributed by atoms with Crippen molar-refractivity contribution in [3.63, 3.8) is 0 Å². The van der Waals surface area contributed by atoms with E-state index in [9.17, 15) is 9.59 Å². The van der Waals surface area contributed by atoms with Crippen LogP contribution in [0, 0.1) is 5.92 Å². The molecule has 0 bridgehead atoms. The lowest BCUT2D eigenvalue weighted by atomic mass is 9.93. The van der Waals surface area contributed by atoms with E-state index in [4.69, 9.17) is 16.3 Å². The molecule has 2 N–H and O–H groups in total. The van der Waals surface area contributed by atoms with Gasteiger partial charge in [0.1, 0.15) is 0 Å². The summed E-state index contributed by atoms with van der Waals surface area (Å²) in [6.07, 6.45) is 3.69. The number of nitrogens with one attached hydrogen (secondary N) is 2. The largest absolute Gasteiger partial charge is 0.378 e. The summed E-state index contributed by atoms with van der Waals surface area (Å²) in [5, 5.41) is 6.58. The predicted octanol–water partition coefficient (Wildman–Crippen LogP) is 2.53. The van der Waals surface area contributed by atoms with E-state index in [-0.39, 0.29) is 11.8 Å². The van der Waals surface area contributed by atoms with E-state index in [1.165, 1.54) is 0 Å². The molecule has 2 saturated heterocycles. The number of ether oxygens (including phenoxy) is 1. The molecule has 0 radical (unpaired) electrons. The van der Waals surface area contributed by atoms with Crippen molar-refractivity contribution in [2.75, 3.05) is 44.7 Å². The molecule has 26 heavy (non-hydrogen) atoms. The average molecular weight is 380 g/mol. The van der Waals surface area contributed by atoms with E-state index in [2.05, 4.69) is 10.6 Å². The van der Waals surface area contributed by atoms with Crippen LogP contribution in [0.4, 0.5) is 5.69 Å². The summed E-state index contributed by atoms with van der Waals surface area (Å²) in [5.41, 5.74) is 1.09. The Morgan fingerprint density at radius 1 is 1.23 bits per heavy atom. The quantitative estimate of drug-likeness (QED) is 0.824. The van der Waals surface area contributed by atoms with Gasteiger partial charge in [-0.25, -0.2) is 0 Å². The lowest BCUT2D eigenvalue weighted by molar-refractivity contribution is -0.116. The van der Waals surface area contributed by atoms with E-state index in [0.717, 1.165) is 32.4 Å². The first-order valence-corrected chi connectivity index (χ1v) is 9.68. The van der Waals surface area contributed by atoms with Crippen LogP contribution in [0.1, 0.15) is 36.0 Å². The van der Waals surface area contributed by atoms with E-state index in [1.54, 1.807) is 23.1 Å². The van der Waals surface area contributed by atoms with Gasteiger partial charge in [0.2, 0.25) is 5.91 Å². The predicted molar refractivity (Wildman–Crippen MR) is 102 cm³/mol. The van der Waals surface area contributed by atoms with Gasteiger partial charge < -0.3 is 20.3 Å². The molecule has 2 aliphatic heterocycles. The molecule has 2 amide bonds. The van der Waals surface area contributed by atoms with Gasteiger partial charge in [-0.2, -0.15) is 0 Å². The van der Waals surface area contributed by atoms with Gasteiger partial charge in [-0.05, 0) is 56.5 Å². The van der Waals surface area contributed by atoms with Gasteiger partial charge >= 0.3 is 0 Å². The van der Waals surface area contributed by atoms with Crippen LogP contribution in [-0.2, 0) is 9.53 Å². The van der Waals surface area contributed by atoms with Gasteiger partial charge in [0.25, 0.3) is 5.91 Å². The second-order valence-electron chi connectivity index (χ2n) is 6.88. The van der Waals surface area contributed by atoms with Gasteiger partial charge in [0, 0.05) is 25.2 Å². The Hall–Kier alpha value is -1.63. The highest BCUT2D eigenvalue weighted by atomic mass is 35.5. The maximum absolute atomic E-state index is 12.5. The zero-order valence-electron chi connectivity index (χ0n) is 14.9. The fourth-order valence-corrected chi connectivity index (χ4v) is 3.69. The highest BCUT2D eigenvalue weighted by Crippen LogP contribution is 2.24. The molecule has 0 aromatic heterocycles. The number of halogens is 1. The highest BCUT2D eigenvalue weighted by Gasteiger charge is 2.21. The Labute approximate surface area is 159 Å². The minimum absolute atomic E-state index is 0.00754. The smallest absolute Gasteiger partial charge is 0.255 e. The first kappa shape index (κ1) is 19.1. The Bertz CT molecular complexity index is 641. The summed E-state index contributed by atoms with van der Waals surface area (Å²) in [7, 11) is 0. The molecule has 2 heterocycles. The molecule has 1 aromatic rings. The molecule has 6 nitrogen and oxygen atoms in total. The van der Waals surface area contributed by atoms with Crippen molar-refractivity contribution in [2.24, 2.45) is 5.92 Å². The first-order valence-electron chi connectivity index (χ1n) is 9.30. The number of rotatable bonds is 5. The van der Waals surface area contributed by atoms with Crippen molar-refractivity contribution in [3.8, 4) is 0 Å². The second-order valence-corrected chi connectivity index (χ2v) is 7.29.